The van der Waals surface area contributed by atoms with E-state index in [0.29, 0.717) is 0 Å². The molecule has 0 heterocycles. The lowest BCUT2D eigenvalue weighted by atomic mass is 10.4. The van der Waals surface area contributed by atoms with Crippen LogP contribution in [-0.4, -0.2) is 27.9 Å². The van der Waals surface area contributed by atoms with E-state index in [1.807, 2.05) is 0 Å². The molecular formula is C5H11BrMg. The van der Waals surface area contributed by atoms with Crippen molar-refractivity contribution in [3.05, 3.63) is 0 Å². The smallest absolute Gasteiger partial charge is 0.0891 e. The van der Waals surface area contributed by atoms with Crippen molar-refractivity contribution in [2.75, 3.05) is 0 Å². The molecule has 0 aliphatic heterocycles. The SMILES string of the molecule is BrC1CCCC1.[MgH2]. The third-order valence-electron chi connectivity index (χ3n) is 1.28. The van der Waals surface area contributed by atoms with E-state index < -0.39 is 0 Å². The van der Waals surface area contributed by atoms with Gasteiger partial charge < -0.3 is 0 Å². The van der Waals surface area contributed by atoms with Gasteiger partial charge in [0.05, 0.1) is 0 Å². The van der Waals surface area contributed by atoms with Gasteiger partial charge in [-0.2, -0.15) is 0 Å². The summed E-state index contributed by atoms with van der Waals surface area (Å²) in [6.45, 7) is 0. The number of hydrogen-bond acceptors (Lipinski definition) is 0. The Kier molecular flexibility index (Phi) is 4.90. The van der Waals surface area contributed by atoms with Gasteiger partial charge in [0, 0.05) is 4.83 Å². The van der Waals surface area contributed by atoms with Gasteiger partial charge in [-0.05, 0) is 12.8 Å². The minimum absolute atomic E-state index is 0. The molecule has 0 amide bonds. The maximum atomic E-state index is 3.54. The van der Waals surface area contributed by atoms with Gasteiger partial charge in [-0.3, -0.25) is 0 Å². The second kappa shape index (κ2) is 4.16. The summed E-state index contributed by atoms with van der Waals surface area (Å²) >= 11 is 3.54. The quantitative estimate of drug-likeness (QED) is 0.386. The van der Waals surface area contributed by atoms with E-state index in [2.05, 4.69) is 15.9 Å². The highest BCUT2D eigenvalue weighted by atomic mass is 79.9. The van der Waals surface area contributed by atoms with E-state index in [-0.39, 0.29) is 23.1 Å². The highest BCUT2D eigenvalue weighted by Crippen LogP contribution is 2.23. The lowest BCUT2D eigenvalue weighted by Crippen LogP contribution is -1.81. The molecule has 0 bridgehead atoms. The summed E-state index contributed by atoms with van der Waals surface area (Å²) in [5, 5.41) is 0. The van der Waals surface area contributed by atoms with Gasteiger partial charge in [-0.15, -0.1) is 0 Å². The lowest BCUT2D eigenvalue weighted by Gasteiger charge is -1.88. The second-order valence-corrected chi connectivity index (χ2v) is 3.18. The number of hydrogen-bond donors (Lipinski definition) is 0. The first-order chi connectivity index (χ1) is 2.89. The molecule has 0 nitrogen and oxygen atoms in total. The van der Waals surface area contributed by atoms with E-state index in [1.54, 1.807) is 0 Å². The summed E-state index contributed by atoms with van der Waals surface area (Å²) in [6.07, 6.45) is 5.69. The minimum Gasteiger partial charge on any atom is -0.0891 e. The summed E-state index contributed by atoms with van der Waals surface area (Å²) in [7, 11) is 0. The molecule has 0 aromatic carbocycles. The van der Waals surface area contributed by atoms with Crippen molar-refractivity contribution in [3.8, 4) is 0 Å². The third kappa shape index (κ3) is 2.93. The molecule has 1 aliphatic rings. The monoisotopic (exact) mass is 174 g/mol. The predicted octanol–water partition coefficient (Wildman–Crippen LogP) is 1.41. The standard InChI is InChI=1S/C5H9Br.Mg.2H/c6-5-3-1-2-4-5;;;/h5H,1-4H2;;;. The van der Waals surface area contributed by atoms with Gasteiger partial charge >= 0.3 is 23.1 Å². The maximum absolute atomic E-state index is 3.54. The van der Waals surface area contributed by atoms with E-state index in [0.717, 1.165) is 4.83 Å². The fraction of sp³-hybridized carbons (Fsp3) is 1.00. The van der Waals surface area contributed by atoms with Crippen molar-refractivity contribution in [1.29, 1.82) is 0 Å². The van der Waals surface area contributed by atoms with Crippen molar-refractivity contribution >= 4 is 39.0 Å². The molecule has 2 heteroatoms. The summed E-state index contributed by atoms with van der Waals surface area (Å²) in [5.41, 5.74) is 0. The topological polar surface area (TPSA) is 0 Å². The van der Waals surface area contributed by atoms with Crippen LogP contribution in [0, 0.1) is 0 Å². The van der Waals surface area contributed by atoms with Crippen molar-refractivity contribution in [1.82, 2.24) is 0 Å². The Morgan fingerprint density at radius 1 is 1.14 bits per heavy atom. The first-order valence-electron chi connectivity index (χ1n) is 2.53. The number of rotatable bonds is 0. The van der Waals surface area contributed by atoms with Crippen LogP contribution in [0.15, 0.2) is 0 Å². The van der Waals surface area contributed by atoms with Crippen molar-refractivity contribution in [2.45, 2.75) is 30.5 Å². The molecule has 0 N–H and O–H groups in total. The molecule has 1 rings (SSSR count). The Hall–Kier alpha value is 1.25. The average Bonchev–Trinajstić information content (AvgIpc) is 1.86. The molecule has 1 saturated carbocycles. The zero-order valence-electron chi connectivity index (χ0n) is 3.78. The zero-order valence-corrected chi connectivity index (χ0v) is 5.37. The molecule has 0 aromatic heterocycles. The summed E-state index contributed by atoms with van der Waals surface area (Å²) < 4.78 is 0. The Bertz CT molecular complexity index is 41.3. The zero-order chi connectivity index (χ0) is 4.41. The van der Waals surface area contributed by atoms with Crippen molar-refractivity contribution < 1.29 is 0 Å². The molecule has 0 saturated heterocycles. The number of halogens is 1. The lowest BCUT2D eigenvalue weighted by molar-refractivity contribution is 0.886. The minimum atomic E-state index is 0. The van der Waals surface area contributed by atoms with E-state index in [9.17, 15) is 0 Å². The Balaban J connectivity index is 0.000000360. The molecule has 0 spiro atoms. The summed E-state index contributed by atoms with van der Waals surface area (Å²) in [6, 6.07) is 0. The van der Waals surface area contributed by atoms with Crippen LogP contribution in [0.1, 0.15) is 25.7 Å². The van der Waals surface area contributed by atoms with Crippen LogP contribution in [0.4, 0.5) is 0 Å². The van der Waals surface area contributed by atoms with E-state index in [4.69, 9.17) is 0 Å². The van der Waals surface area contributed by atoms with Crippen molar-refractivity contribution in [3.63, 3.8) is 0 Å². The van der Waals surface area contributed by atoms with Gasteiger partial charge in [0.15, 0.2) is 0 Å². The maximum Gasteiger partial charge on any atom is 0.316 e. The molecule has 1 aliphatic carbocycles. The highest BCUT2D eigenvalue weighted by molar-refractivity contribution is 9.09. The number of alkyl halides is 1. The first kappa shape index (κ1) is 8.25. The van der Waals surface area contributed by atoms with Crippen LogP contribution in [0.25, 0.3) is 0 Å². The van der Waals surface area contributed by atoms with Crippen LogP contribution in [-0.2, 0) is 0 Å². The first-order valence-corrected chi connectivity index (χ1v) is 3.45. The van der Waals surface area contributed by atoms with Crippen LogP contribution < -0.4 is 0 Å². The molecule has 0 aromatic rings. The van der Waals surface area contributed by atoms with Crippen molar-refractivity contribution in [2.24, 2.45) is 0 Å². The molecule has 1 fully saturated rings. The van der Waals surface area contributed by atoms with Gasteiger partial charge in [0.25, 0.3) is 0 Å². The normalized spacial score (nSPS) is 21.9. The van der Waals surface area contributed by atoms with E-state index in [1.165, 1.54) is 25.7 Å². The molecule has 0 radical (unpaired) electrons. The van der Waals surface area contributed by atoms with Gasteiger partial charge in [-0.25, -0.2) is 0 Å². The third-order valence-corrected chi connectivity index (χ3v) is 2.20. The molecular weight excluding hydrogens is 164 g/mol. The summed E-state index contributed by atoms with van der Waals surface area (Å²) in [5.74, 6) is 0. The highest BCUT2D eigenvalue weighted by Gasteiger charge is 2.09. The largest absolute Gasteiger partial charge is 0.316 e. The second-order valence-electron chi connectivity index (χ2n) is 1.88. The van der Waals surface area contributed by atoms with Crippen LogP contribution in [0.5, 0.6) is 0 Å². The van der Waals surface area contributed by atoms with Gasteiger partial charge in [-0.1, -0.05) is 28.8 Å². The van der Waals surface area contributed by atoms with Crippen LogP contribution >= 0.6 is 15.9 Å². The van der Waals surface area contributed by atoms with Crippen LogP contribution in [0.2, 0.25) is 0 Å². The molecule has 0 atom stereocenters. The Morgan fingerprint density at radius 2 is 1.57 bits per heavy atom. The molecule has 7 heavy (non-hydrogen) atoms. The predicted molar refractivity (Wildman–Crippen MR) is 39.7 cm³/mol. The Morgan fingerprint density at radius 3 is 1.71 bits per heavy atom. The summed E-state index contributed by atoms with van der Waals surface area (Å²) in [4.78, 5) is 0.859. The van der Waals surface area contributed by atoms with Gasteiger partial charge in [0.1, 0.15) is 0 Å². The fourth-order valence-electron chi connectivity index (χ4n) is 0.876. The van der Waals surface area contributed by atoms with Crippen LogP contribution in [0.3, 0.4) is 0 Å². The van der Waals surface area contributed by atoms with E-state index >= 15 is 0 Å². The molecule has 40 valence electrons. The molecule has 0 unspecified atom stereocenters. The average molecular weight is 175 g/mol. The Labute approximate surface area is 69.3 Å². The fourth-order valence-corrected chi connectivity index (χ4v) is 1.52. The van der Waals surface area contributed by atoms with Gasteiger partial charge in [0.2, 0.25) is 0 Å².